The van der Waals surface area contributed by atoms with Crippen molar-refractivity contribution in [3.05, 3.63) is 74.5 Å². The molecule has 1 radical (unpaired) electrons. The van der Waals surface area contributed by atoms with Gasteiger partial charge in [-0.3, -0.25) is 0 Å². The normalized spacial score (nSPS) is 10.8. The predicted octanol–water partition coefficient (Wildman–Crippen LogP) is 5.20. The van der Waals surface area contributed by atoms with E-state index >= 15 is 0 Å². The van der Waals surface area contributed by atoms with Crippen LogP contribution in [0, 0.1) is 5.92 Å². The molecule has 0 saturated heterocycles. The maximum atomic E-state index is 3.49. The molecule has 2 heteroatoms. The highest BCUT2D eigenvalue weighted by Crippen LogP contribution is 2.26. The van der Waals surface area contributed by atoms with E-state index in [1.807, 2.05) is 6.07 Å². The second kappa shape index (κ2) is 5.15. The average molecular weight is 339 g/mol. The Morgan fingerprint density at radius 2 is 1.50 bits per heavy atom. The highest BCUT2D eigenvalue weighted by atomic mass is 79.9. The van der Waals surface area contributed by atoms with Gasteiger partial charge in [-0.1, -0.05) is 63.0 Å². The molecule has 2 aromatic carbocycles. The van der Waals surface area contributed by atoms with Gasteiger partial charge in [-0.05, 0) is 35.4 Å². The lowest BCUT2D eigenvalue weighted by atomic mass is 9.93. The minimum Gasteiger partial charge on any atom is -0.0608 e. The topological polar surface area (TPSA) is 0 Å². The molecule has 2 aromatic rings. The van der Waals surface area contributed by atoms with Crippen LogP contribution in [0.25, 0.3) is 0 Å². The third-order valence-electron chi connectivity index (χ3n) is 2.53. The van der Waals surface area contributed by atoms with Crippen LogP contribution >= 0.6 is 31.9 Å². The first-order valence-corrected chi connectivity index (χ1v) is 6.61. The number of halogens is 2. The lowest BCUT2D eigenvalue weighted by Crippen LogP contribution is -1.96. The van der Waals surface area contributed by atoms with Crippen molar-refractivity contribution in [1.29, 1.82) is 0 Å². The second-order valence-corrected chi connectivity index (χ2v) is 5.47. The van der Waals surface area contributed by atoms with E-state index in [4.69, 9.17) is 0 Å². The number of hydrogen-bond acceptors (Lipinski definition) is 0. The third kappa shape index (κ3) is 2.74. The molecule has 0 aliphatic heterocycles. The maximum Gasteiger partial charge on any atom is 0.0309 e. The van der Waals surface area contributed by atoms with Gasteiger partial charge in [0.15, 0.2) is 0 Å². The Bertz CT molecular complexity index is 474. The van der Waals surface area contributed by atoms with E-state index in [1.54, 1.807) is 0 Å². The van der Waals surface area contributed by atoms with E-state index in [0.29, 0.717) is 0 Å². The summed E-state index contributed by atoms with van der Waals surface area (Å²) < 4.78 is 2.22. The van der Waals surface area contributed by atoms with Crippen LogP contribution in [0.1, 0.15) is 18.1 Å². The molecule has 16 heavy (non-hydrogen) atoms. The van der Waals surface area contributed by atoms with Gasteiger partial charge in [-0.2, -0.15) is 0 Å². The van der Waals surface area contributed by atoms with Crippen LogP contribution in [0.5, 0.6) is 0 Å². The third-order valence-corrected chi connectivity index (χ3v) is 3.56. The molecule has 0 aromatic heterocycles. The fraction of sp³-hybridized carbons (Fsp3) is 0.0714. The molecule has 0 unspecified atom stereocenters. The molecule has 0 aliphatic carbocycles. The van der Waals surface area contributed by atoms with E-state index in [2.05, 4.69) is 81.2 Å². The van der Waals surface area contributed by atoms with E-state index < -0.39 is 0 Å². The van der Waals surface area contributed by atoms with Crippen molar-refractivity contribution in [3.63, 3.8) is 0 Å². The molecule has 0 saturated carbocycles. The standard InChI is InChI=1S/C14H11Br2/c1-10(11-5-7-13(15)8-6-11)12-3-2-4-14(16)9-12/h2-9H,1H3. The lowest BCUT2D eigenvalue weighted by molar-refractivity contribution is 1.19. The fourth-order valence-electron chi connectivity index (χ4n) is 1.59. The maximum absolute atomic E-state index is 3.49. The Morgan fingerprint density at radius 3 is 2.12 bits per heavy atom. The monoisotopic (exact) mass is 337 g/mol. The zero-order valence-corrected chi connectivity index (χ0v) is 12.0. The van der Waals surface area contributed by atoms with Gasteiger partial charge in [0.05, 0.1) is 0 Å². The van der Waals surface area contributed by atoms with Crippen LogP contribution < -0.4 is 0 Å². The van der Waals surface area contributed by atoms with Gasteiger partial charge in [0, 0.05) is 14.9 Å². The van der Waals surface area contributed by atoms with Gasteiger partial charge in [0.2, 0.25) is 0 Å². The van der Waals surface area contributed by atoms with E-state index in [9.17, 15) is 0 Å². The van der Waals surface area contributed by atoms with Crippen molar-refractivity contribution in [2.24, 2.45) is 0 Å². The summed E-state index contributed by atoms with van der Waals surface area (Å²) in [4.78, 5) is 0. The van der Waals surface area contributed by atoms with Gasteiger partial charge < -0.3 is 0 Å². The van der Waals surface area contributed by atoms with Crippen LogP contribution in [-0.4, -0.2) is 0 Å². The van der Waals surface area contributed by atoms with Crippen molar-refractivity contribution in [2.75, 3.05) is 0 Å². The van der Waals surface area contributed by atoms with Crippen LogP contribution in [0.15, 0.2) is 57.5 Å². The summed E-state index contributed by atoms with van der Waals surface area (Å²) in [6.07, 6.45) is 0. The van der Waals surface area contributed by atoms with Crippen LogP contribution in [0.4, 0.5) is 0 Å². The molecule has 81 valence electrons. The number of hydrogen-bond donors (Lipinski definition) is 0. The number of rotatable bonds is 2. The van der Waals surface area contributed by atoms with E-state index in [0.717, 1.165) is 8.95 Å². The van der Waals surface area contributed by atoms with Gasteiger partial charge in [-0.15, -0.1) is 0 Å². The van der Waals surface area contributed by atoms with Gasteiger partial charge in [0.1, 0.15) is 0 Å². The molecule has 0 heterocycles. The van der Waals surface area contributed by atoms with Crippen molar-refractivity contribution in [3.8, 4) is 0 Å². The summed E-state index contributed by atoms with van der Waals surface area (Å²) >= 11 is 6.94. The van der Waals surface area contributed by atoms with Gasteiger partial charge >= 0.3 is 0 Å². The second-order valence-electron chi connectivity index (χ2n) is 3.64. The Kier molecular flexibility index (Phi) is 3.82. The molecule has 0 amide bonds. The van der Waals surface area contributed by atoms with Crippen molar-refractivity contribution >= 4 is 31.9 Å². The molecular weight excluding hydrogens is 328 g/mol. The fourth-order valence-corrected chi connectivity index (χ4v) is 2.25. The lowest BCUT2D eigenvalue weighted by Gasteiger charge is -2.12. The first-order valence-electron chi connectivity index (χ1n) is 5.02. The Hall–Kier alpha value is -0.600. The summed E-state index contributed by atoms with van der Waals surface area (Å²) in [5.74, 6) is 1.29. The molecular formula is C14H11Br2. The van der Waals surface area contributed by atoms with Crippen molar-refractivity contribution in [1.82, 2.24) is 0 Å². The Labute approximate surface area is 113 Å². The van der Waals surface area contributed by atoms with Crippen LogP contribution in [0.3, 0.4) is 0 Å². The van der Waals surface area contributed by atoms with Gasteiger partial charge in [0.25, 0.3) is 0 Å². The molecule has 0 atom stereocenters. The molecule has 2 rings (SSSR count). The summed E-state index contributed by atoms with van der Waals surface area (Å²) in [6, 6.07) is 16.7. The molecule has 0 bridgehead atoms. The van der Waals surface area contributed by atoms with E-state index in [-0.39, 0.29) is 0 Å². The van der Waals surface area contributed by atoms with Gasteiger partial charge in [-0.25, -0.2) is 0 Å². The summed E-state index contributed by atoms with van der Waals surface area (Å²) in [7, 11) is 0. The van der Waals surface area contributed by atoms with Crippen LogP contribution in [-0.2, 0) is 0 Å². The van der Waals surface area contributed by atoms with E-state index in [1.165, 1.54) is 17.0 Å². The Morgan fingerprint density at radius 1 is 0.812 bits per heavy atom. The zero-order valence-electron chi connectivity index (χ0n) is 8.87. The smallest absolute Gasteiger partial charge is 0.0309 e. The quantitative estimate of drug-likeness (QED) is 0.705. The molecule has 0 fully saturated rings. The molecule has 0 aliphatic rings. The summed E-state index contributed by atoms with van der Waals surface area (Å²) in [5, 5.41) is 0. The predicted molar refractivity (Wildman–Crippen MR) is 75.4 cm³/mol. The number of benzene rings is 2. The highest BCUT2D eigenvalue weighted by molar-refractivity contribution is 9.10. The first kappa shape index (κ1) is 11.9. The highest BCUT2D eigenvalue weighted by Gasteiger charge is 2.08. The largest absolute Gasteiger partial charge is 0.0608 e. The molecule has 0 nitrogen and oxygen atoms in total. The summed E-state index contributed by atoms with van der Waals surface area (Å²) in [6.45, 7) is 2.14. The molecule has 0 spiro atoms. The Balaban J connectivity index is 2.31. The van der Waals surface area contributed by atoms with Crippen molar-refractivity contribution in [2.45, 2.75) is 6.92 Å². The first-order chi connectivity index (χ1) is 7.66. The SMILES string of the molecule is C[C](c1ccc(Br)cc1)c1cccc(Br)c1. The summed E-state index contributed by atoms with van der Waals surface area (Å²) in [5.41, 5.74) is 2.50. The minimum atomic E-state index is 1.11. The minimum absolute atomic E-state index is 1.11. The zero-order chi connectivity index (χ0) is 11.5. The van der Waals surface area contributed by atoms with Crippen molar-refractivity contribution < 1.29 is 0 Å². The average Bonchev–Trinajstić information content (AvgIpc) is 2.29. The molecule has 0 N–H and O–H groups in total. The van der Waals surface area contributed by atoms with Crippen LogP contribution in [0.2, 0.25) is 0 Å².